The lowest BCUT2D eigenvalue weighted by Crippen LogP contribution is -2.51. The van der Waals surface area contributed by atoms with Crippen molar-refractivity contribution in [1.29, 1.82) is 0 Å². The van der Waals surface area contributed by atoms with Crippen LogP contribution in [0.1, 0.15) is 32.1 Å². The highest BCUT2D eigenvalue weighted by molar-refractivity contribution is 4.92. The third-order valence-corrected chi connectivity index (χ3v) is 3.07. The van der Waals surface area contributed by atoms with Gasteiger partial charge in [-0.2, -0.15) is 0 Å². The molecule has 1 aliphatic carbocycles. The molecule has 1 atom stereocenters. The largest absolute Gasteiger partial charge is 0.379 e. The molecule has 0 bridgehead atoms. The van der Waals surface area contributed by atoms with Crippen molar-refractivity contribution >= 4 is 0 Å². The van der Waals surface area contributed by atoms with Gasteiger partial charge in [-0.1, -0.05) is 0 Å². The van der Waals surface area contributed by atoms with Crippen molar-refractivity contribution in [3.05, 3.63) is 0 Å². The molecule has 1 heterocycles. The molecule has 1 unspecified atom stereocenters. The summed E-state index contributed by atoms with van der Waals surface area (Å²) < 4.78 is 11.1. The Morgan fingerprint density at radius 2 is 2.23 bits per heavy atom. The Bertz CT molecular complexity index is 162. The first-order valence-corrected chi connectivity index (χ1v) is 5.27. The highest BCUT2D eigenvalue weighted by atomic mass is 16.5. The molecule has 1 aliphatic heterocycles. The van der Waals surface area contributed by atoms with E-state index in [2.05, 4.69) is 0 Å². The van der Waals surface area contributed by atoms with Gasteiger partial charge in [0.05, 0.1) is 19.3 Å². The van der Waals surface area contributed by atoms with E-state index in [0.717, 1.165) is 45.5 Å². The molecule has 13 heavy (non-hydrogen) atoms. The summed E-state index contributed by atoms with van der Waals surface area (Å²) in [6, 6.07) is 0. The summed E-state index contributed by atoms with van der Waals surface area (Å²) in [5.41, 5.74) is 6.05. The van der Waals surface area contributed by atoms with E-state index in [1.54, 1.807) is 0 Å². The first kappa shape index (κ1) is 9.44. The molecule has 0 aromatic heterocycles. The highest BCUT2D eigenvalue weighted by Crippen LogP contribution is 2.29. The average molecular weight is 185 g/mol. The van der Waals surface area contributed by atoms with Crippen molar-refractivity contribution in [1.82, 2.24) is 0 Å². The highest BCUT2D eigenvalue weighted by Gasteiger charge is 2.33. The second kappa shape index (κ2) is 3.95. The minimum Gasteiger partial charge on any atom is -0.379 e. The van der Waals surface area contributed by atoms with Gasteiger partial charge in [0.2, 0.25) is 0 Å². The van der Waals surface area contributed by atoms with Crippen molar-refractivity contribution in [2.24, 2.45) is 5.73 Å². The van der Waals surface area contributed by atoms with Crippen molar-refractivity contribution in [3.63, 3.8) is 0 Å². The van der Waals surface area contributed by atoms with Crippen LogP contribution in [0.5, 0.6) is 0 Å². The second-order valence-electron chi connectivity index (χ2n) is 4.37. The van der Waals surface area contributed by atoms with E-state index in [4.69, 9.17) is 15.2 Å². The molecule has 0 aromatic rings. The van der Waals surface area contributed by atoms with E-state index in [9.17, 15) is 0 Å². The normalized spacial score (nSPS) is 32.5. The Morgan fingerprint density at radius 3 is 2.77 bits per heavy atom. The summed E-state index contributed by atoms with van der Waals surface area (Å²) in [4.78, 5) is 0. The van der Waals surface area contributed by atoms with Gasteiger partial charge in [-0.05, 0) is 32.1 Å². The molecule has 3 nitrogen and oxygen atoms in total. The first-order valence-electron chi connectivity index (χ1n) is 5.27. The van der Waals surface area contributed by atoms with Crippen molar-refractivity contribution < 1.29 is 9.47 Å². The Labute approximate surface area is 79.6 Å². The van der Waals surface area contributed by atoms with Gasteiger partial charge in [-0.25, -0.2) is 0 Å². The van der Waals surface area contributed by atoms with E-state index in [-0.39, 0.29) is 5.54 Å². The summed E-state index contributed by atoms with van der Waals surface area (Å²) in [7, 11) is 0. The molecule has 76 valence electrons. The molecule has 1 saturated carbocycles. The van der Waals surface area contributed by atoms with Gasteiger partial charge in [0.25, 0.3) is 0 Å². The molecule has 2 N–H and O–H groups in total. The van der Waals surface area contributed by atoms with E-state index in [1.807, 2.05) is 0 Å². The van der Waals surface area contributed by atoms with Crippen LogP contribution in [-0.4, -0.2) is 31.5 Å². The van der Waals surface area contributed by atoms with Crippen molar-refractivity contribution in [2.75, 3.05) is 19.8 Å². The fourth-order valence-electron chi connectivity index (χ4n) is 1.90. The average Bonchev–Trinajstić information content (AvgIpc) is 2.13. The minimum atomic E-state index is -0.00253. The van der Waals surface area contributed by atoms with Gasteiger partial charge in [-0.15, -0.1) is 0 Å². The van der Waals surface area contributed by atoms with Crippen LogP contribution in [0.4, 0.5) is 0 Å². The fourth-order valence-corrected chi connectivity index (χ4v) is 1.90. The van der Waals surface area contributed by atoms with Crippen molar-refractivity contribution in [2.45, 2.75) is 43.7 Å². The lowest BCUT2D eigenvalue weighted by Gasteiger charge is -2.39. The predicted octanol–water partition coefficient (Wildman–Crippen LogP) is 1.06. The Hall–Kier alpha value is -0.120. The van der Waals surface area contributed by atoms with Gasteiger partial charge in [0.15, 0.2) is 0 Å². The zero-order valence-corrected chi connectivity index (χ0v) is 8.13. The molecule has 0 aromatic carbocycles. The van der Waals surface area contributed by atoms with Crippen LogP contribution in [0.2, 0.25) is 0 Å². The van der Waals surface area contributed by atoms with Crippen LogP contribution in [0, 0.1) is 0 Å². The molecule has 2 aliphatic rings. The van der Waals surface area contributed by atoms with E-state index in [1.165, 1.54) is 6.42 Å². The molecule has 1 saturated heterocycles. The van der Waals surface area contributed by atoms with Crippen LogP contribution in [-0.2, 0) is 9.47 Å². The van der Waals surface area contributed by atoms with Crippen LogP contribution in [0.3, 0.4) is 0 Å². The van der Waals surface area contributed by atoms with Gasteiger partial charge in [0.1, 0.15) is 0 Å². The summed E-state index contributed by atoms with van der Waals surface area (Å²) in [6.45, 7) is 2.38. The van der Waals surface area contributed by atoms with E-state index in [0.29, 0.717) is 6.10 Å². The summed E-state index contributed by atoms with van der Waals surface area (Å²) in [6.07, 6.45) is 6.08. The van der Waals surface area contributed by atoms with Gasteiger partial charge >= 0.3 is 0 Å². The molecule has 0 spiro atoms. The second-order valence-corrected chi connectivity index (χ2v) is 4.37. The summed E-state index contributed by atoms with van der Waals surface area (Å²) in [5.74, 6) is 0. The molecule has 2 rings (SSSR count). The van der Waals surface area contributed by atoms with Crippen LogP contribution < -0.4 is 5.73 Å². The molecule has 3 heteroatoms. The molecular formula is C10H19NO2. The standard InChI is InChI=1S/C10H19NO2/c11-10(4-2-5-10)8-13-9-3-1-6-12-7-9/h9H,1-8,11H2. The zero-order valence-electron chi connectivity index (χ0n) is 8.13. The number of ether oxygens (including phenoxy) is 2. The maximum Gasteiger partial charge on any atom is 0.0810 e. The third kappa shape index (κ3) is 2.42. The smallest absolute Gasteiger partial charge is 0.0810 e. The predicted molar refractivity (Wildman–Crippen MR) is 50.6 cm³/mol. The molecule has 0 amide bonds. The molecular weight excluding hydrogens is 166 g/mol. The summed E-state index contributed by atoms with van der Waals surface area (Å²) in [5, 5.41) is 0. The fraction of sp³-hybridized carbons (Fsp3) is 1.00. The quantitative estimate of drug-likeness (QED) is 0.715. The Kier molecular flexibility index (Phi) is 2.86. The van der Waals surface area contributed by atoms with Gasteiger partial charge < -0.3 is 15.2 Å². The summed E-state index contributed by atoms with van der Waals surface area (Å²) >= 11 is 0. The van der Waals surface area contributed by atoms with E-state index < -0.39 is 0 Å². The Morgan fingerprint density at radius 1 is 1.38 bits per heavy atom. The zero-order chi connectivity index (χ0) is 9.15. The number of hydrogen-bond acceptors (Lipinski definition) is 3. The monoisotopic (exact) mass is 185 g/mol. The van der Waals surface area contributed by atoms with Crippen LogP contribution >= 0.6 is 0 Å². The third-order valence-electron chi connectivity index (χ3n) is 3.07. The van der Waals surface area contributed by atoms with Gasteiger partial charge in [-0.3, -0.25) is 0 Å². The SMILES string of the molecule is NC1(COC2CCCOC2)CCC1. The topological polar surface area (TPSA) is 44.5 Å². The minimum absolute atomic E-state index is 0.00253. The lowest BCUT2D eigenvalue weighted by molar-refractivity contribution is -0.0723. The Balaban J connectivity index is 1.66. The van der Waals surface area contributed by atoms with Gasteiger partial charge in [0, 0.05) is 12.1 Å². The van der Waals surface area contributed by atoms with Crippen LogP contribution in [0.25, 0.3) is 0 Å². The number of nitrogens with two attached hydrogens (primary N) is 1. The maximum absolute atomic E-state index is 6.05. The number of hydrogen-bond donors (Lipinski definition) is 1. The number of rotatable bonds is 3. The first-order chi connectivity index (χ1) is 6.29. The lowest BCUT2D eigenvalue weighted by atomic mass is 9.78. The molecule has 0 radical (unpaired) electrons. The van der Waals surface area contributed by atoms with Crippen molar-refractivity contribution in [3.8, 4) is 0 Å². The van der Waals surface area contributed by atoms with E-state index >= 15 is 0 Å². The molecule has 2 fully saturated rings. The van der Waals surface area contributed by atoms with Crippen LogP contribution in [0.15, 0.2) is 0 Å². The maximum atomic E-state index is 6.05.